The zero-order valence-electron chi connectivity index (χ0n) is 19.8. The van der Waals surface area contributed by atoms with Crippen molar-refractivity contribution in [3.63, 3.8) is 0 Å². The second-order valence-electron chi connectivity index (χ2n) is 9.52. The van der Waals surface area contributed by atoms with Gasteiger partial charge in [-0.15, -0.1) is 11.8 Å². The Bertz CT molecular complexity index is 917. The summed E-state index contributed by atoms with van der Waals surface area (Å²) in [6.07, 6.45) is 1.10. The van der Waals surface area contributed by atoms with Gasteiger partial charge < -0.3 is 9.80 Å². The molecule has 0 aromatic heterocycles. The number of anilines is 2. The number of benzene rings is 2. The monoisotopic (exact) mass is 472 g/mol. The first-order valence-corrected chi connectivity index (χ1v) is 13.0. The van der Waals surface area contributed by atoms with E-state index in [2.05, 4.69) is 122 Å². The van der Waals surface area contributed by atoms with Gasteiger partial charge in [0, 0.05) is 23.9 Å². The minimum atomic E-state index is -0.000449. The van der Waals surface area contributed by atoms with Crippen molar-refractivity contribution in [2.75, 3.05) is 23.9 Å². The number of nitrogens with one attached hydrogen (secondary N) is 4. The Hall–Kier alpha value is -1.42. The number of para-hydroxylation sites is 2. The lowest BCUT2D eigenvalue weighted by molar-refractivity contribution is 0.175. The van der Waals surface area contributed by atoms with Crippen molar-refractivity contribution in [1.82, 2.24) is 21.7 Å². The highest BCUT2D eigenvalue weighted by Gasteiger charge is 2.34. The maximum Gasteiger partial charge on any atom is 0.145 e. The fourth-order valence-corrected chi connectivity index (χ4v) is 6.70. The standard InChI is InChI=1S/C24H36N6S2/c1-7-16-21(31-19-14-10-8-12-17(19)29(16)5)25-26-22(24(2,3)4)27-28-23-30(6)18-13-9-11-15-20(18)32-23/h8-16,21-23,25-28H,7H2,1-6H3. The van der Waals surface area contributed by atoms with E-state index in [1.807, 2.05) is 23.5 Å². The Labute approximate surface area is 201 Å². The molecule has 32 heavy (non-hydrogen) atoms. The van der Waals surface area contributed by atoms with Crippen LogP contribution in [0.2, 0.25) is 0 Å². The van der Waals surface area contributed by atoms with Crippen LogP contribution in [0.1, 0.15) is 34.1 Å². The molecule has 2 aliphatic heterocycles. The molecule has 0 saturated carbocycles. The molecule has 0 fully saturated rings. The van der Waals surface area contributed by atoms with E-state index < -0.39 is 0 Å². The van der Waals surface area contributed by atoms with E-state index in [0.717, 1.165) is 6.42 Å². The zero-order valence-corrected chi connectivity index (χ0v) is 21.5. The third-order valence-electron chi connectivity index (χ3n) is 6.19. The number of hydrazine groups is 2. The summed E-state index contributed by atoms with van der Waals surface area (Å²) in [4.78, 5) is 7.30. The van der Waals surface area contributed by atoms with E-state index in [4.69, 9.17) is 0 Å². The highest BCUT2D eigenvalue weighted by atomic mass is 32.2. The predicted octanol–water partition coefficient (Wildman–Crippen LogP) is 4.42. The first kappa shape index (κ1) is 23.7. The lowest BCUT2D eigenvalue weighted by Gasteiger charge is -2.42. The van der Waals surface area contributed by atoms with Crippen molar-refractivity contribution in [1.29, 1.82) is 0 Å². The molecule has 4 unspecified atom stereocenters. The molecule has 174 valence electrons. The lowest BCUT2D eigenvalue weighted by Crippen LogP contribution is -2.65. The Morgan fingerprint density at radius 1 is 0.844 bits per heavy atom. The van der Waals surface area contributed by atoms with E-state index in [1.165, 1.54) is 21.2 Å². The van der Waals surface area contributed by atoms with Gasteiger partial charge in [0.15, 0.2) is 0 Å². The molecule has 2 aliphatic rings. The first-order chi connectivity index (χ1) is 15.3. The van der Waals surface area contributed by atoms with Gasteiger partial charge in [0.1, 0.15) is 5.50 Å². The summed E-state index contributed by atoms with van der Waals surface area (Å²) >= 11 is 3.74. The maximum absolute atomic E-state index is 3.65. The van der Waals surface area contributed by atoms with Crippen LogP contribution >= 0.6 is 23.5 Å². The summed E-state index contributed by atoms with van der Waals surface area (Å²) < 4.78 is 0. The van der Waals surface area contributed by atoms with E-state index in [0.29, 0.717) is 6.04 Å². The molecule has 0 aliphatic carbocycles. The Morgan fingerprint density at radius 3 is 2.00 bits per heavy atom. The molecule has 6 nitrogen and oxygen atoms in total. The molecule has 2 aromatic rings. The van der Waals surface area contributed by atoms with Crippen molar-refractivity contribution in [2.45, 2.75) is 67.0 Å². The van der Waals surface area contributed by atoms with Crippen molar-refractivity contribution >= 4 is 34.9 Å². The number of nitrogens with zero attached hydrogens (tertiary/aromatic N) is 2. The Balaban J connectivity index is 1.39. The summed E-state index contributed by atoms with van der Waals surface area (Å²) in [5.74, 6) is 0. The zero-order chi connectivity index (χ0) is 22.9. The highest BCUT2D eigenvalue weighted by Crippen LogP contribution is 2.41. The number of rotatable bonds is 7. The van der Waals surface area contributed by atoms with Gasteiger partial charge >= 0.3 is 0 Å². The number of thioether (sulfide) groups is 2. The number of fused-ring (bicyclic) bond motifs is 2. The molecular weight excluding hydrogens is 436 g/mol. The number of likely N-dealkylation sites (N-methyl/N-ethyl adjacent to an activating group) is 1. The van der Waals surface area contributed by atoms with Gasteiger partial charge in [-0.25, -0.2) is 21.7 Å². The molecule has 4 N–H and O–H groups in total. The molecule has 0 radical (unpaired) electrons. The smallest absolute Gasteiger partial charge is 0.145 e. The van der Waals surface area contributed by atoms with Gasteiger partial charge in [-0.05, 0) is 36.1 Å². The minimum Gasteiger partial charge on any atom is -0.368 e. The van der Waals surface area contributed by atoms with Gasteiger partial charge in [0.05, 0.1) is 29.0 Å². The summed E-state index contributed by atoms with van der Waals surface area (Å²) in [5.41, 5.74) is 17.1. The average Bonchev–Trinajstić information content (AvgIpc) is 3.09. The fourth-order valence-electron chi connectivity index (χ4n) is 4.15. The summed E-state index contributed by atoms with van der Waals surface area (Å²) in [7, 11) is 4.33. The third-order valence-corrected chi connectivity index (χ3v) is 8.73. The van der Waals surface area contributed by atoms with Crippen molar-refractivity contribution in [3.8, 4) is 0 Å². The van der Waals surface area contributed by atoms with Gasteiger partial charge in [-0.1, -0.05) is 63.7 Å². The van der Waals surface area contributed by atoms with Crippen molar-refractivity contribution < 1.29 is 0 Å². The third kappa shape index (κ3) is 4.90. The van der Waals surface area contributed by atoms with Crippen LogP contribution in [0.3, 0.4) is 0 Å². The molecule has 0 amide bonds. The van der Waals surface area contributed by atoms with E-state index >= 15 is 0 Å². The highest BCUT2D eigenvalue weighted by molar-refractivity contribution is 8.00. The molecule has 0 spiro atoms. The van der Waals surface area contributed by atoms with Crippen molar-refractivity contribution in [3.05, 3.63) is 48.5 Å². The van der Waals surface area contributed by atoms with Crippen LogP contribution in [0.5, 0.6) is 0 Å². The minimum absolute atomic E-state index is 0.000449. The van der Waals surface area contributed by atoms with Crippen LogP contribution in [0, 0.1) is 5.41 Å². The summed E-state index contributed by atoms with van der Waals surface area (Å²) in [5, 5.41) is 0.249. The molecule has 4 atom stereocenters. The van der Waals surface area contributed by atoms with E-state index in [9.17, 15) is 0 Å². The van der Waals surface area contributed by atoms with Crippen LogP contribution in [0.25, 0.3) is 0 Å². The SMILES string of the molecule is CCC1C(NNC(NNC2Sc3ccccc3N2C)C(C)(C)C)Sc2ccccc2N1C. The first-order valence-electron chi connectivity index (χ1n) is 11.3. The fraction of sp³-hybridized carbons (Fsp3) is 0.500. The molecule has 8 heteroatoms. The second-order valence-corrected chi connectivity index (χ2v) is 11.8. The average molecular weight is 473 g/mol. The van der Waals surface area contributed by atoms with Crippen molar-refractivity contribution in [2.24, 2.45) is 5.41 Å². The van der Waals surface area contributed by atoms with Gasteiger partial charge in [-0.3, -0.25) is 0 Å². The van der Waals surface area contributed by atoms with Crippen LogP contribution in [-0.2, 0) is 0 Å². The van der Waals surface area contributed by atoms with Crippen LogP contribution < -0.4 is 31.5 Å². The molecule has 2 heterocycles. The molecule has 0 saturated heterocycles. The lowest BCUT2D eigenvalue weighted by atomic mass is 9.93. The van der Waals surface area contributed by atoms with Gasteiger partial charge in [0.25, 0.3) is 0 Å². The van der Waals surface area contributed by atoms with E-state index in [-0.39, 0.29) is 22.5 Å². The molecule has 4 rings (SSSR count). The quantitative estimate of drug-likeness (QED) is 0.349. The predicted molar refractivity (Wildman–Crippen MR) is 139 cm³/mol. The molecule has 2 aromatic carbocycles. The van der Waals surface area contributed by atoms with Gasteiger partial charge in [0.2, 0.25) is 0 Å². The molecular formula is C24H36N6S2. The molecule has 0 bridgehead atoms. The topological polar surface area (TPSA) is 54.6 Å². The summed E-state index contributed by atoms with van der Waals surface area (Å²) in [6.45, 7) is 8.99. The second kappa shape index (κ2) is 9.83. The van der Waals surface area contributed by atoms with Crippen LogP contribution in [0.15, 0.2) is 58.3 Å². The largest absolute Gasteiger partial charge is 0.368 e. The number of hydrogen-bond acceptors (Lipinski definition) is 8. The van der Waals surface area contributed by atoms with Crippen LogP contribution in [-0.4, -0.2) is 37.2 Å². The number of hydrogen-bond donors (Lipinski definition) is 4. The maximum atomic E-state index is 3.65. The van der Waals surface area contributed by atoms with Gasteiger partial charge in [-0.2, -0.15) is 0 Å². The normalized spacial score (nSPS) is 23.8. The van der Waals surface area contributed by atoms with Crippen LogP contribution in [0.4, 0.5) is 11.4 Å². The summed E-state index contributed by atoms with van der Waals surface area (Å²) in [6, 6.07) is 17.6. The Morgan fingerprint density at radius 2 is 1.41 bits per heavy atom. The van der Waals surface area contributed by atoms with E-state index in [1.54, 1.807) is 0 Å². The Kier molecular flexibility index (Phi) is 7.29.